The van der Waals surface area contributed by atoms with E-state index in [0.717, 1.165) is 25.7 Å². The van der Waals surface area contributed by atoms with Crippen molar-refractivity contribution in [3.8, 4) is 0 Å². The summed E-state index contributed by atoms with van der Waals surface area (Å²) in [5.74, 6) is 0.883. The summed E-state index contributed by atoms with van der Waals surface area (Å²) in [7, 11) is 0. The maximum absolute atomic E-state index is 12.2. The molecule has 3 aliphatic rings. The topological polar surface area (TPSA) is 100 Å². The molecule has 0 aromatic heterocycles. The molecule has 5 atom stereocenters. The van der Waals surface area contributed by atoms with E-state index in [1.807, 2.05) is 19.9 Å². The number of ether oxygens (including phenoxy) is 1. The Balaban J connectivity index is 1.45. The highest BCUT2D eigenvalue weighted by molar-refractivity contribution is 6.07. The molecule has 0 aromatic rings. The molecule has 3 rings (SSSR count). The van der Waals surface area contributed by atoms with Gasteiger partial charge in [-0.25, -0.2) is 4.79 Å². The number of nitrogens with one attached hydrogen (secondary N) is 2. The largest absolute Gasteiger partial charge is 0.446 e. The average molecular weight is 363 g/mol. The van der Waals surface area contributed by atoms with Gasteiger partial charge in [-0.05, 0) is 69.9 Å². The molecule has 144 valence electrons. The zero-order valence-electron chi connectivity index (χ0n) is 15.7. The number of aliphatic hydroxyl groups is 1. The summed E-state index contributed by atoms with van der Waals surface area (Å²) in [6.45, 7) is 6.12. The summed E-state index contributed by atoms with van der Waals surface area (Å²) in [5.41, 5.74) is 1.19. The van der Waals surface area contributed by atoms with Crippen LogP contribution in [0.5, 0.6) is 0 Å². The molecule has 0 spiro atoms. The Morgan fingerprint density at radius 3 is 2.69 bits per heavy atom. The molecule has 7 heteroatoms. The van der Waals surface area contributed by atoms with Crippen molar-refractivity contribution >= 4 is 17.8 Å². The van der Waals surface area contributed by atoms with E-state index in [0.29, 0.717) is 18.3 Å². The highest BCUT2D eigenvalue weighted by atomic mass is 16.6. The third-order valence-electron chi connectivity index (χ3n) is 5.39. The third-order valence-corrected chi connectivity index (χ3v) is 5.39. The fraction of sp³-hybridized carbons (Fsp3) is 0.737. The van der Waals surface area contributed by atoms with Gasteiger partial charge in [-0.2, -0.15) is 0 Å². The zero-order valence-corrected chi connectivity index (χ0v) is 15.7. The third kappa shape index (κ3) is 4.63. The van der Waals surface area contributed by atoms with Crippen LogP contribution in [0.1, 0.15) is 46.5 Å². The second-order valence-corrected chi connectivity index (χ2v) is 7.99. The number of hydrogen-bond acceptors (Lipinski definition) is 5. The van der Waals surface area contributed by atoms with Crippen LogP contribution in [-0.2, 0) is 9.53 Å². The molecule has 1 heterocycles. The molecule has 26 heavy (non-hydrogen) atoms. The monoisotopic (exact) mass is 363 g/mol. The molecular formula is C19H29N3O4. The number of hydrogen-bond donors (Lipinski definition) is 3. The molecule has 2 amide bonds. The smallest absolute Gasteiger partial charge is 0.407 e. The van der Waals surface area contributed by atoms with Gasteiger partial charge in [0.05, 0.1) is 12.6 Å². The van der Waals surface area contributed by atoms with Gasteiger partial charge < -0.3 is 20.5 Å². The van der Waals surface area contributed by atoms with E-state index in [4.69, 9.17) is 4.74 Å². The summed E-state index contributed by atoms with van der Waals surface area (Å²) in [4.78, 5) is 28.3. The lowest BCUT2D eigenvalue weighted by atomic mass is 9.98. The number of carbonyl (C=O) groups is 2. The van der Waals surface area contributed by atoms with Gasteiger partial charge in [0.15, 0.2) is 0 Å². The molecule has 7 nitrogen and oxygen atoms in total. The minimum absolute atomic E-state index is 0.0508. The Morgan fingerprint density at radius 2 is 2.04 bits per heavy atom. The molecule has 0 aromatic carbocycles. The minimum Gasteiger partial charge on any atom is -0.446 e. The van der Waals surface area contributed by atoms with Crippen LogP contribution in [0, 0.1) is 17.8 Å². The van der Waals surface area contributed by atoms with Crippen molar-refractivity contribution in [1.29, 1.82) is 0 Å². The minimum atomic E-state index is -0.439. The Labute approximate surface area is 154 Å². The molecule has 0 radical (unpaired) electrons. The highest BCUT2D eigenvalue weighted by Crippen LogP contribution is 2.41. The SMILES string of the molecule is CC(C)NC(=O)O[C@@H]1CC[C@H](C2=CC(NC(=O)[C@H]3C[C@@H]3[C@H](C)O)=NC2)C1. The predicted octanol–water partition coefficient (Wildman–Crippen LogP) is 1.76. The van der Waals surface area contributed by atoms with Crippen molar-refractivity contribution < 1.29 is 19.4 Å². The van der Waals surface area contributed by atoms with E-state index >= 15 is 0 Å². The summed E-state index contributed by atoms with van der Waals surface area (Å²) in [6.07, 6.45) is 4.48. The molecule has 2 saturated carbocycles. The maximum Gasteiger partial charge on any atom is 0.407 e. The van der Waals surface area contributed by atoms with Crippen molar-refractivity contribution in [2.24, 2.45) is 22.7 Å². The van der Waals surface area contributed by atoms with E-state index in [-0.39, 0.29) is 36.0 Å². The van der Waals surface area contributed by atoms with Crippen molar-refractivity contribution in [3.05, 3.63) is 11.6 Å². The first-order valence-corrected chi connectivity index (χ1v) is 9.54. The van der Waals surface area contributed by atoms with Gasteiger partial charge in [0.25, 0.3) is 0 Å². The van der Waals surface area contributed by atoms with E-state index in [1.54, 1.807) is 6.92 Å². The van der Waals surface area contributed by atoms with Crippen LogP contribution in [-0.4, -0.2) is 47.7 Å². The first-order valence-electron chi connectivity index (χ1n) is 9.54. The summed E-state index contributed by atoms with van der Waals surface area (Å²) >= 11 is 0. The summed E-state index contributed by atoms with van der Waals surface area (Å²) in [6, 6.07) is 0.0664. The number of nitrogens with zero attached hydrogens (tertiary/aromatic N) is 1. The number of carbonyl (C=O) groups excluding carboxylic acids is 2. The Bertz CT molecular complexity index is 626. The standard InChI is InChI=1S/C19H29N3O4/c1-10(2)21-19(25)26-14-5-4-12(6-14)13-7-17(20-9-13)22-18(24)16-8-15(16)11(3)23/h7,10-12,14-16,23H,4-6,8-9H2,1-3H3,(H,21,25)(H,20,22,24)/t11-,12-,14+,15+,16-/m0/s1. The molecule has 0 unspecified atom stereocenters. The van der Waals surface area contributed by atoms with Crippen LogP contribution in [0.4, 0.5) is 4.79 Å². The number of alkyl carbamates (subject to hydrolysis) is 1. The maximum atomic E-state index is 12.2. The molecule has 0 saturated heterocycles. The number of amidine groups is 1. The van der Waals surface area contributed by atoms with Crippen molar-refractivity contribution in [1.82, 2.24) is 10.6 Å². The molecule has 3 N–H and O–H groups in total. The molecule has 2 aliphatic carbocycles. The van der Waals surface area contributed by atoms with Crippen LogP contribution >= 0.6 is 0 Å². The Morgan fingerprint density at radius 1 is 1.27 bits per heavy atom. The second kappa shape index (κ2) is 7.78. The Hall–Kier alpha value is -1.89. The molecule has 1 aliphatic heterocycles. The van der Waals surface area contributed by atoms with Gasteiger partial charge in [-0.1, -0.05) is 0 Å². The van der Waals surface area contributed by atoms with Gasteiger partial charge in [-0.3, -0.25) is 9.79 Å². The molecule has 2 fully saturated rings. The van der Waals surface area contributed by atoms with Crippen LogP contribution in [0.25, 0.3) is 0 Å². The first-order chi connectivity index (χ1) is 12.3. The molecular weight excluding hydrogens is 334 g/mol. The molecule has 0 bridgehead atoms. The highest BCUT2D eigenvalue weighted by Gasteiger charge is 2.46. The Kier molecular flexibility index (Phi) is 5.65. The fourth-order valence-corrected chi connectivity index (χ4v) is 3.84. The number of amides is 2. The van der Waals surface area contributed by atoms with Crippen LogP contribution in [0.3, 0.4) is 0 Å². The van der Waals surface area contributed by atoms with E-state index in [2.05, 4.69) is 15.6 Å². The fourth-order valence-electron chi connectivity index (χ4n) is 3.84. The number of aliphatic hydroxyl groups excluding tert-OH is 1. The number of rotatable bonds is 5. The normalized spacial score (nSPS) is 31.3. The van der Waals surface area contributed by atoms with Crippen molar-refractivity contribution in [3.63, 3.8) is 0 Å². The summed E-state index contributed by atoms with van der Waals surface area (Å²) in [5, 5.41) is 15.1. The van der Waals surface area contributed by atoms with E-state index in [1.165, 1.54) is 5.57 Å². The van der Waals surface area contributed by atoms with Gasteiger partial charge in [0.2, 0.25) is 5.91 Å². The second-order valence-electron chi connectivity index (χ2n) is 7.99. The first kappa shape index (κ1) is 18.9. The summed E-state index contributed by atoms with van der Waals surface area (Å²) < 4.78 is 5.47. The van der Waals surface area contributed by atoms with E-state index < -0.39 is 6.10 Å². The van der Waals surface area contributed by atoms with Gasteiger partial charge in [-0.15, -0.1) is 0 Å². The van der Waals surface area contributed by atoms with Crippen molar-refractivity contribution in [2.45, 2.75) is 64.7 Å². The van der Waals surface area contributed by atoms with Crippen LogP contribution in [0.2, 0.25) is 0 Å². The number of aliphatic imine (C=N–C) groups is 1. The predicted molar refractivity (Wildman–Crippen MR) is 97.7 cm³/mol. The lowest BCUT2D eigenvalue weighted by Crippen LogP contribution is -2.33. The van der Waals surface area contributed by atoms with Gasteiger partial charge >= 0.3 is 6.09 Å². The van der Waals surface area contributed by atoms with Crippen LogP contribution < -0.4 is 10.6 Å². The lowest BCUT2D eigenvalue weighted by molar-refractivity contribution is -0.121. The quantitative estimate of drug-likeness (QED) is 0.693. The zero-order chi connectivity index (χ0) is 18.8. The average Bonchev–Trinajstić information content (AvgIpc) is 3.02. The van der Waals surface area contributed by atoms with E-state index in [9.17, 15) is 14.7 Å². The van der Waals surface area contributed by atoms with Crippen LogP contribution in [0.15, 0.2) is 16.6 Å². The van der Waals surface area contributed by atoms with Gasteiger partial charge in [0, 0.05) is 12.0 Å². The van der Waals surface area contributed by atoms with Crippen molar-refractivity contribution in [2.75, 3.05) is 6.54 Å². The lowest BCUT2D eigenvalue weighted by Gasteiger charge is -2.15. The van der Waals surface area contributed by atoms with Gasteiger partial charge in [0.1, 0.15) is 11.9 Å².